The summed E-state index contributed by atoms with van der Waals surface area (Å²) >= 11 is 6.12. The molecule has 0 spiro atoms. The highest BCUT2D eigenvalue weighted by molar-refractivity contribution is 6.33. The van der Waals surface area contributed by atoms with E-state index in [1.54, 1.807) is 18.2 Å². The van der Waals surface area contributed by atoms with E-state index in [1.165, 1.54) is 4.90 Å². The molecule has 18 heavy (non-hydrogen) atoms. The third-order valence-corrected chi connectivity index (χ3v) is 2.93. The van der Waals surface area contributed by atoms with Gasteiger partial charge in [-0.3, -0.25) is 15.0 Å². The van der Waals surface area contributed by atoms with Gasteiger partial charge in [0.15, 0.2) is 0 Å². The summed E-state index contributed by atoms with van der Waals surface area (Å²) in [5.41, 5.74) is 1.43. The highest BCUT2D eigenvalue weighted by Crippen LogP contribution is 2.31. The molecule has 5 nitrogen and oxygen atoms in total. The van der Waals surface area contributed by atoms with E-state index in [4.69, 9.17) is 11.6 Å². The molecule has 3 amide bonds. The summed E-state index contributed by atoms with van der Waals surface area (Å²) in [5.74, 6) is -0.493. The Morgan fingerprint density at radius 1 is 1.33 bits per heavy atom. The van der Waals surface area contributed by atoms with Crippen molar-refractivity contribution in [3.05, 3.63) is 35.5 Å². The monoisotopic (exact) mass is 265 g/mol. The molecule has 1 N–H and O–H groups in total. The van der Waals surface area contributed by atoms with Gasteiger partial charge in [-0.25, -0.2) is 4.79 Å². The number of amides is 3. The number of hydrogen-bond acceptors (Lipinski definition) is 3. The number of urea groups is 1. The fourth-order valence-electron chi connectivity index (χ4n) is 1.72. The summed E-state index contributed by atoms with van der Waals surface area (Å²) in [4.78, 5) is 26.0. The van der Waals surface area contributed by atoms with E-state index in [1.807, 2.05) is 19.0 Å². The van der Waals surface area contributed by atoms with Crippen molar-refractivity contribution in [2.75, 3.05) is 23.9 Å². The van der Waals surface area contributed by atoms with E-state index in [0.717, 1.165) is 5.69 Å². The van der Waals surface area contributed by atoms with Gasteiger partial charge in [0.05, 0.1) is 16.4 Å². The smallest absolute Gasteiger partial charge is 0.333 e. The van der Waals surface area contributed by atoms with E-state index in [0.29, 0.717) is 10.7 Å². The van der Waals surface area contributed by atoms with E-state index >= 15 is 0 Å². The van der Waals surface area contributed by atoms with Crippen molar-refractivity contribution < 1.29 is 9.59 Å². The first kappa shape index (κ1) is 12.4. The second kappa shape index (κ2) is 4.34. The Morgan fingerprint density at radius 2 is 2.00 bits per heavy atom. The molecule has 0 unspecified atom stereocenters. The van der Waals surface area contributed by atoms with Crippen molar-refractivity contribution in [2.24, 2.45) is 0 Å². The predicted molar refractivity (Wildman–Crippen MR) is 70.9 cm³/mol. The lowest BCUT2D eigenvalue weighted by atomic mass is 10.2. The van der Waals surface area contributed by atoms with E-state index < -0.39 is 11.9 Å². The van der Waals surface area contributed by atoms with E-state index in [9.17, 15) is 9.59 Å². The first-order valence-corrected chi connectivity index (χ1v) is 5.61. The van der Waals surface area contributed by atoms with Crippen LogP contribution in [0.3, 0.4) is 0 Å². The zero-order chi connectivity index (χ0) is 13.4. The Labute approximate surface area is 110 Å². The van der Waals surface area contributed by atoms with Crippen LogP contribution >= 0.6 is 11.6 Å². The summed E-state index contributed by atoms with van der Waals surface area (Å²) in [5, 5.41) is 2.66. The molecule has 0 aliphatic carbocycles. The number of carbonyl (C=O) groups is 2. The Bertz CT molecular complexity index is 554. The molecule has 6 heteroatoms. The van der Waals surface area contributed by atoms with Crippen molar-refractivity contribution in [1.82, 2.24) is 5.32 Å². The molecule has 1 saturated heterocycles. The number of halogens is 1. The quantitative estimate of drug-likeness (QED) is 0.657. The number of nitrogens with zero attached hydrogens (tertiary/aromatic N) is 2. The largest absolute Gasteiger partial charge is 0.376 e. The van der Waals surface area contributed by atoms with Gasteiger partial charge in [0.2, 0.25) is 0 Å². The van der Waals surface area contributed by atoms with Crippen LogP contribution < -0.4 is 15.1 Å². The average molecular weight is 266 g/mol. The molecule has 0 aromatic heterocycles. The third-order valence-electron chi connectivity index (χ3n) is 2.63. The minimum absolute atomic E-state index is 0.0914. The number of benzene rings is 1. The lowest BCUT2D eigenvalue weighted by Gasteiger charge is -2.18. The van der Waals surface area contributed by atoms with Crippen LogP contribution in [0.2, 0.25) is 5.02 Å². The summed E-state index contributed by atoms with van der Waals surface area (Å²) in [6, 6.07) is 4.60. The summed E-state index contributed by atoms with van der Waals surface area (Å²) in [6.45, 7) is 3.57. The molecule has 1 aromatic rings. The van der Waals surface area contributed by atoms with Gasteiger partial charge in [-0.15, -0.1) is 0 Å². The number of rotatable bonds is 2. The first-order chi connectivity index (χ1) is 8.41. The molecule has 2 rings (SSSR count). The van der Waals surface area contributed by atoms with Crippen molar-refractivity contribution in [3.63, 3.8) is 0 Å². The zero-order valence-electron chi connectivity index (χ0n) is 10.0. The van der Waals surface area contributed by atoms with E-state index in [-0.39, 0.29) is 5.70 Å². The Morgan fingerprint density at radius 3 is 2.44 bits per heavy atom. The van der Waals surface area contributed by atoms with Crippen LogP contribution in [-0.2, 0) is 4.79 Å². The molecule has 1 fully saturated rings. The van der Waals surface area contributed by atoms with Gasteiger partial charge in [-0.05, 0) is 18.2 Å². The van der Waals surface area contributed by atoms with Gasteiger partial charge in [0, 0.05) is 14.1 Å². The Hall–Kier alpha value is -2.01. The van der Waals surface area contributed by atoms with Crippen molar-refractivity contribution in [3.8, 4) is 0 Å². The lowest BCUT2D eigenvalue weighted by molar-refractivity contribution is -0.115. The molecule has 0 bridgehead atoms. The number of imide groups is 1. The topological polar surface area (TPSA) is 52.7 Å². The highest BCUT2D eigenvalue weighted by atomic mass is 35.5. The van der Waals surface area contributed by atoms with Gasteiger partial charge in [-0.2, -0.15) is 0 Å². The summed E-state index contributed by atoms with van der Waals surface area (Å²) in [6.07, 6.45) is 0. The number of nitrogens with one attached hydrogen (secondary N) is 1. The van der Waals surface area contributed by atoms with Gasteiger partial charge in [-0.1, -0.05) is 18.2 Å². The molecule has 0 atom stereocenters. The van der Waals surface area contributed by atoms with Crippen LogP contribution in [0.1, 0.15) is 0 Å². The van der Waals surface area contributed by atoms with Gasteiger partial charge in [0.1, 0.15) is 5.70 Å². The van der Waals surface area contributed by atoms with Crippen LogP contribution in [0.15, 0.2) is 30.5 Å². The standard InChI is InChI=1S/C12H12ClN3O2/c1-7-11(17)14-12(18)16(7)8-4-5-10(15(2)3)9(13)6-8/h4-6H,1H2,2-3H3,(H,14,17,18). The first-order valence-electron chi connectivity index (χ1n) is 5.23. The summed E-state index contributed by atoms with van der Waals surface area (Å²) in [7, 11) is 3.73. The fraction of sp³-hybridized carbons (Fsp3) is 0.167. The molecular formula is C12H12ClN3O2. The van der Waals surface area contributed by atoms with Gasteiger partial charge in [0.25, 0.3) is 5.91 Å². The highest BCUT2D eigenvalue weighted by Gasteiger charge is 2.32. The zero-order valence-corrected chi connectivity index (χ0v) is 10.8. The Balaban J connectivity index is 2.41. The molecule has 1 aliphatic heterocycles. The third kappa shape index (κ3) is 1.93. The van der Waals surface area contributed by atoms with Crippen LogP contribution in [0.25, 0.3) is 0 Å². The lowest BCUT2D eigenvalue weighted by Crippen LogP contribution is -2.27. The molecule has 1 heterocycles. The molecular weight excluding hydrogens is 254 g/mol. The van der Waals surface area contributed by atoms with Gasteiger partial charge >= 0.3 is 6.03 Å². The average Bonchev–Trinajstić information content (AvgIpc) is 2.52. The molecule has 1 aromatic carbocycles. The molecule has 94 valence electrons. The maximum Gasteiger partial charge on any atom is 0.333 e. The Kier molecular flexibility index (Phi) is 3.00. The number of hydrogen-bond donors (Lipinski definition) is 1. The van der Waals surface area contributed by atoms with Crippen LogP contribution in [0.4, 0.5) is 16.2 Å². The normalized spacial score (nSPS) is 15.1. The minimum atomic E-state index is -0.515. The van der Waals surface area contributed by atoms with Crippen molar-refractivity contribution >= 4 is 34.9 Å². The van der Waals surface area contributed by atoms with Crippen LogP contribution in [0, 0.1) is 0 Å². The molecule has 0 radical (unpaired) electrons. The minimum Gasteiger partial charge on any atom is -0.376 e. The summed E-state index contributed by atoms with van der Waals surface area (Å²) < 4.78 is 0. The van der Waals surface area contributed by atoms with Crippen molar-refractivity contribution in [1.29, 1.82) is 0 Å². The van der Waals surface area contributed by atoms with E-state index in [2.05, 4.69) is 11.9 Å². The molecule has 0 saturated carbocycles. The van der Waals surface area contributed by atoms with Crippen LogP contribution in [-0.4, -0.2) is 26.0 Å². The second-order valence-electron chi connectivity index (χ2n) is 4.07. The van der Waals surface area contributed by atoms with Crippen LogP contribution in [0.5, 0.6) is 0 Å². The maximum atomic E-state index is 11.6. The SMILES string of the molecule is C=C1C(=O)NC(=O)N1c1ccc(N(C)C)c(Cl)c1. The van der Waals surface area contributed by atoms with Crippen molar-refractivity contribution in [2.45, 2.75) is 0 Å². The maximum absolute atomic E-state index is 11.6. The fourth-order valence-corrected chi connectivity index (χ4v) is 2.06. The predicted octanol–water partition coefficient (Wildman–Crippen LogP) is 1.98. The number of anilines is 2. The number of carbonyl (C=O) groups excluding carboxylic acids is 2. The van der Waals surface area contributed by atoms with Gasteiger partial charge < -0.3 is 4.90 Å². The molecule has 1 aliphatic rings. The second-order valence-corrected chi connectivity index (χ2v) is 4.48.